The van der Waals surface area contributed by atoms with Crippen molar-refractivity contribution in [2.24, 2.45) is 0 Å². The van der Waals surface area contributed by atoms with Gasteiger partial charge in [0.2, 0.25) is 0 Å². The second kappa shape index (κ2) is 16.8. The van der Waals surface area contributed by atoms with Crippen LogP contribution in [0.25, 0.3) is 0 Å². The number of nitrogens with zero attached hydrogens (tertiary/aromatic N) is 1. The van der Waals surface area contributed by atoms with E-state index in [0.29, 0.717) is 0 Å². The molecule has 1 aromatic heterocycles. The van der Waals surface area contributed by atoms with E-state index < -0.39 is 144 Å². The zero-order valence-electron chi connectivity index (χ0n) is 30.3. The van der Waals surface area contributed by atoms with Crippen molar-refractivity contribution in [1.82, 2.24) is 0 Å². The molecule has 6 rings (SSSR count). The van der Waals surface area contributed by atoms with Crippen LogP contribution in [0.2, 0.25) is 0 Å². The Hall–Kier alpha value is -6.09. The molecular formula is C39H18BF20N. The molecule has 5 aromatic carbocycles. The fourth-order valence-corrected chi connectivity index (χ4v) is 7.02. The summed E-state index contributed by atoms with van der Waals surface area (Å²) in [4.78, 5) is 0. The molecule has 1 nitrogen and oxygen atoms in total. The minimum Gasteiger partial charge on any atom is -0.207 e. The van der Waals surface area contributed by atoms with E-state index in [1.165, 1.54) is 22.5 Å². The average Bonchev–Trinajstić information content (AvgIpc) is 3.22. The third-order valence-corrected chi connectivity index (χ3v) is 9.62. The summed E-state index contributed by atoms with van der Waals surface area (Å²) in [5.74, 6) is -71.4. The Morgan fingerprint density at radius 1 is 0.328 bits per heavy atom. The highest BCUT2D eigenvalue weighted by Crippen LogP contribution is 2.30. The summed E-state index contributed by atoms with van der Waals surface area (Å²) >= 11 is 0. The predicted molar refractivity (Wildman–Crippen MR) is 176 cm³/mol. The Kier molecular flexibility index (Phi) is 12.6. The third kappa shape index (κ3) is 7.22. The first kappa shape index (κ1) is 46.0. The normalized spacial score (nSPS) is 11.6. The molecule has 0 saturated heterocycles. The summed E-state index contributed by atoms with van der Waals surface area (Å²) in [6.07, 6.45) is -7.22. The molecule has 0 aliphatic heterocycles. The van der Waals surface area contributed by atoms with Crippen LogP contribution >= 0.6 is 0 Å². The van der Waals surface area contributed by atoms with Gasteiger partial charge in [-0.2, -0.15) is 4.57 Å². The minimum absolute atomic E-state index is 0.957. The van der Waals surface area contributed by atoms with E-state index in [9.17, 15) is 52.7 Å². The topological polar surface area (TPSA) is 3.88 Å². The average molecular weight is 891 g/mol. The molecule has 61 heavy (non-hydrogen) atoms. The van der Waals surface area contributed by atoms with Crippen molar-refractivity contribution >= 4 is 28.0 Å². The van der Waals surface area contributed by atoms with Gasteiger partial charge in [0.15, 0.2) is 87.7 Å². The molecule has 0 aliphatic rings. The van der Waals surface area contributed by atoms with Gasteiger partial charge in [-0.3, -0.25) is 0 Å². The quantitative estimate of drug-likeness (QED) is 0.0518. The Labute approximate surface area is 329 Å². The van der Waals surface area contributed by atoms with Crippen LogP contribution in [-0.4, -0.2) is 6.15 Å². The molecule has 0 unspecified atom stereocenters. The highest BCUT2D eigenvalue weighted by atomic mass is 19.2. The van der Waals surface area contributed by atoms with Gasteiger partial charge < -0.3 is 0 Å². The molecule has 0 saturated carbocycles. The smallest absolute Gasteiger partial charge is 0.200 e. The Bertz CT molecular complexity index is 2350. The van der Waals surface area contributed by atoms with Crippen molar-refractivity contribution in [3.05, 3.63) is 181 Å². The largest absolute Gasteiger partial charge is 0.207 e. The Morgan fingerprint density at radius 3 is 0.770 bits per heavy atom. The fraction of sp³-hybridized carbons (Fsp3) is 0.103. The molecule has 0 bridgehead atoms. The van der Waals surface area contributed by atoms with E-state index in [2.05, 4.69) is 67.8 Å². The van der Waals surface area contributed by atoms with E-state index in [1.807, 2.05) is 0 Å². The van der Waals surface area contributed by atoms with Crippen molar-refractivity contribution in [2.45, 2.75) is 27.3 Å². The van der Waals surface area contributed by atoms with Crippen molar-refractivity contribution in [1.29, 1.82) is 0 Å². The van der Waals surface area contributed by atoms with Gasteiger partial charge >= 0.3 is 0 Å². The van der Waals surface area contributed by atoms with E-state index in [0.717, 1.165) is 6.54 Å². The molecule has 0 aliphatic carbocycles. The number of hydrogen-bond donors (Lipinski definition) is 0. The van der Waals surface area contributed by atoms with Gasteiger partial charge in [-0.25, -0.2) is 87.8 Å². The van der Waals surface area contributed by atoms with Gasteiger partial charge in [0.25, 0.3) is 0 Å². The predicted octanol–water partition coefficient (Wildman–Crippen LogP) is 8.79. The van der Waals surface area contributed by atoms with Crippen LogP contribution in [-0.2, 0) is 6.54 Å². The zero-order chi connectivity index (χ0) is 45.9. The van der Waals surface area contributed by atoms with E-state index in [-0.39, 0.29) is 0 Å². The van der Waals surface area contributed by atoms with Crippen LogP contribution in [0.3, 0.4) is 0 Å². The fourth-order valence-electron chi connectivity index (χ4n) is 7.02. The molecule has 1 heterocycles. The number of rotatable bonds is 6. The highest BCUT2D eigenvalue weighted by molar-refractivity contribution is 7.20. The first-order valence-corrected chi connectivity index (χ1v) is 16.6. The number of aromatic nitrogens is 1. The summed E-state index contributed by atoms with van der Waals surface area (Å²) in [6.45, 7) is 7.44. The van der Waals surface area contributed by atoms with Gasteiger partial charge in [0, 0.05) is 31.5 Å². The number of pyridine rings is 1. The standard InChI is InChI=1S/C24BF20.C15H18N/c26-5-1(6(27)14(35)21(42)13(5)34)25(2-7(28)15(36)22(43)16(37)8(2)29,3-9(30)17(38)23(44)18(39)10(3)31)4-11(32)19(40)24(45)20(41)12(4)33;1-12-9-13(2)16(14(3)10-12)11-15-7-5-4-6-8-15/h;4-10H,11H2,1-3H3/q-1;+1. The first-order chi connectivity index (χ1) is 28.4. The maximum absolute atomic E-state index is 15.4. The molecular weight excluding hydrogens is 873 g/mol. The molecule has 0 N–H and O–H groups in total. The van der Waals surface area contributed by atoms with Gasteiger partial charge in [-0.15, -0.1) is 21.9 Å². The monoisotopic (exact) mass is 891 g/mol. The van der Waals surface area contributed by atoms with Gasteiger partial charge in [0.1, 0.15) is 52.7 Å². The molecule has 6 aromatic rings. The second-order valence-corrected chi connectivity index (χ2v) is 13.2. The van der Waals surface area contributed by atoms with E-state index in [1.54, 1.807) is 0 Å². The molecule has 0 spiro atoms. The van der Waals surface area contributed by atoms with E-state index in [4.69, 9.17) is 0 Å². The summed E-state index contributed by atoms with van der Waals surface area (Å²) in [5, 5.41) is 0. The lowest BCUT2D eigenvalue weighted by atomic mass is 9.12. The number of hydrogen-bond acceptors (Lipinski definition) is 0. The lowest BCUT2D eigenvalue weighted by Gasteiger charge is -2.44. The van der Waals surface area contributed by atoms with Crippen LogP contribution in [0.15, 0.2) is 42.5 Å². The Balaban J connectivity index is 0.000000366. The van der Waals surface area contributed by atoms with Crippen LogP contribution in [0.1, 0.15) is 22.5 Å². The van der Waals surface area contributed by atoms with Gasteiger partial charge in [0.05, 0.1) is 0 Å². The van der Waals surface area contributed by atoms with E-state index >= 15 is 35.1 Å². The number of benzene rings is 5. The highest BCUT2D eigenvalue weighted by Gasteiger charge is 2.52. The molecule has 0 radical (unpaired) electrons. The summed E-state index contributed by atoms with van der Waals surface area (Å²) < 4.78 is 296. The van der Waals surface area contributed by atoms with Crippen molar-refractivity contribution in [2.75, 3.05) is 0 Å². The summed E-state index contributed by atoms with van der Waals surface area (Å²) in [6, 6.07) is 15.1. The summed E-state index contributed by atoms with van der Waals surface area (Å²) in [5.41, 5.74) is -9.01. The molecule has 22 heteroatoms. The Morgan fingerprint density at radius 2 is 0.541 bits per heavy atom. The molecule has 0 amide bonds. The first-order valence-electron chi connectivity index (χ1n) is 16.6. The van der Waals surface area contributed by atoms with Crippen LogP contribution in [0, 0.1) is 137 Å². The molecule has 322 valence electrons. The van der Waals surface area contributed by atoms with Crippen molar-refractivity contribution in [3.8, 4) is 0 Å². The third-order valence-electron chi connectivity index (χ3n) is 9.62. The lowest BCUT2D eigenvalue weighted by molar-refractivity contribution is -0.700. The van der Waals surface area contributed by atoms with Gasteiger partial charge in [-0.05, 0) is 12.5 Å². The van der Waals surface area contributed by atoms with Crippen LogP contribution in [0.5, 0.6) is 0 Å². The maximum Gasteiger partial charge on any atom is 0.200 e. The molecule has 0 atom stereocenters. The second-order valence-electron chi connectivity index (χ2n) is 13.2. The maximum atomic E-state index is 15.4. The molecule has 0 fully saturated rings. The lowest BCUT2D eigenvalue weighted by Crippen LogP contribution is -2.81. The van der Waals surface area contributed by atoms with Gasteiger partial charge in [-0.1, -0.05) is 30.3 Å². The van der Waals surface area contributed by atoms with Crippen LogP contribution < -0.4 is 26.4 Å². The zero-order valence-corrected chi connectivity index (χ0v) is 30.3. The van der Waals surface area contributed by atoms with Crippen molar-refractivity contribution in [3.63, 3.8) is 0 Å². The SMILES string of the molecule is Cc1cc(C)[n+](Cc2ccccc2)c(C)c1.Fc1c(F)c(F)c([B-](c2c(F)c(F)c(F)c(F)c2F)(c2c(F)c(F)c(F)c(F)c2F)c2c(F)c(F)c(F)c(F)c2F)c(F)c1F. The van der Waals surface area contributed by atoms with Crippen LogP contribution in [0.4, 0.5) is 87.8 Å². The number of halogens is 20. The van der Waals surface area contributed by atoms with Crippen molar-refractivity contribution < 1.29 is 92.4 Å². The number of aryl methyl sites for hydroxylation is 3. The minimum atomic E-state index is -7.22. The summed E-state index contributed by atoms with van der Waals surface area (Å²) in [7, 11) is 0.